The summed E-state index contributed by atoms with van der Waals surface area (Å²) in [5.74, 6) is 1.52. The van der Waals surface area contributed by atoms with Gasteiger partial charge in [0.25, 0.3) is 5.91 Å². The molecule has 2 aromatic rings. The van der Waals surface area contributed by atoms with Crippen molar-refractivity contribution >= 4 is 16.8 Å². The van der Waals surface area contributed by atoms with Crippen molar-refractivity contribution in [2.75, 3.05) is 26.2 Å². The van der Waals surface area contributed by atoms with Gasteiger partial charge in [-0.05, 0) is 69.7 Å². The molecule has 5 heteroatoms. The second-order valence-corrected chi connectivity index (χ2v) is 9.00. The van der Waals surface area contributed by atoms with Crippen LogP contribution in [-0.2, 0) is 0 Å². The van der Waals surface area contributed by atoms with Gasteiger partial charge in [0.15, 0.2) is 0 Å². The number of ether oxygens (including phenoxy) is 1. The van der Waals surface area contributed by atoms with Gasteiger partial charge in [0.05, 0.1) is 5.52 Å². The van der Waals surface area contributed by atoms with Crippen LogP contribution in [-0.4, -0.2) is 59.0 Å². The molecule has 1 aromatic heterocycles. The lowest BCUT2D eigenvalue weighted by Crippen LogP contribution is -2.41. The summed E-state index contributed by atoms with van der Waals surface area (Å²) in [5, 5.41) is 1.02. The number of carbonyl (C=O) groups excluding carboxylic acids is 1. The van der Waals surface area contributed by atoms with Crippen molar-refractivity contribution in [1.82, 2.24) is 14.8 Å². The Labute approximate surface area is 174 Å². The molecule has 2 aliphatic heterocycles. The minimum absolute atomic E-state index is 0.0516. The molecule has 3 heterocycles. The van der Waals surface area contributed by atoms with Gasteiger partial charge in [-0.15, -0.1) is 0 Å². The Hall–Kier alpha value is -2.14. The lowest BCUT2D eigenvalue weighted by molar-refractivity contribution is 0.0677. The van der Waals surface area contributed by atoms with E-state index in [-0.39, 0.29) is 12.0 Å². The molecule has 0 aliphatic carbocycles. The minimum atomic E-state index is 0.0516. The minimum Gasteiger partial charge on any atom is -0.490 e. The van der Waals surface area contributed by atoms with Gasteiger partial charge in [0.1, 0.15) is 17.5 Å². The standard InChI is InChI=1S/C24H33N3O2/c1-17(2)26-13-10-20(11-14-26)29-21-7-9-22-19(15-21)6-8-23(25-22)24(28)27-12-4-5-18(3)16-27/h6-9,15,17-18,20H,4-5,10-14,16H2,1-3H3. The number of rotatable bonds is 4. The van der Waals surface area contributed by atoms with Crippen LogP contribution >= 0.6 is 0 Å². The van der Waals surface area contributed by atoms with Crippen LogP contribution in [0.1, 0.15) is 56.9 Å². The summed E-state index contributed by atoms with van der Waals surface area (Å²) >= 11 is 0. The van der Waals surface area contributed by atoms with Crippen LogP contribution in [0.15, 0.2) is 30.3 Å². The molecule has 1 unspecified atom stereocenters. The molecular formula is C24H33N3O2. The average Bonchev–Trinajstić information content (AvgIpc) is 2.73. The van der Waals surface area contributed by atoms with Gasteiger partial charge >= 0.3 is 0 Å². The van der Waals surface area contributed by atoms with Crippen molar-refractivity contribution in [2.45, 2.75) is 58.6 Å². The fourth-order valence-electron chi connectivity index (χ4n) is 4.53. The molecule has 156 valence electrons. The monoisotopic (exact) mass is 395 g/mol. The van der Waals surface area contributed by atoms with E-state index in [2.05, 4.69) is 30.7 Å². The van der Waals surface area contributed by atoms with E-state index in [0.717, 1.165) is 62.1 Å². The average molecular weight is 396 g/mol. The number of nitrogens with zero attached hydrogens (tertiary/aromatic N) is 3. The van der Waals surface area contributed by atoms with Gasteiger partial charge in [-0.25, -0.2) is 4.98 Å². The van der Waals surface area contributed by atoms with E-state index in [1.807, 2.05) is 35.2 Å². The summed E-state index contributed by atoms with van der Waals surface area (Å²) < 4.78 is 6.25. The zero-order valence-corrected chi connectivity index (χ0v) is 17.9. The summed E-state index contributed by atoms with van der Waals surface area (Å²) in [4.78, 5) is 21.9. The fourth-order valence-corrected chi connectivity index (χ4v) is 4.53. The SMILES string of the molecule is CC1CCCN(C(=O)c2ccc3cc(OC4CCN(C(C)C)CC4)ccc3n2)C1. The summed E-state index contributed by atoms with van der Waals surface area (Å²) in [7, 11) is 0. The van der Waals surface area contributed by atoms with Crippen molar-refractivity contribution in [3.63, 3.8) is 0 Å². The third-order valence-corrected chi connectivity index (χ3v) is 6.33. The Morgan fingerprint density at radius 3 is 2.62 bits per heavy atom. The van der Waals surface area contributed by atoms with Crippen LogP contribution in [0.25, 0.3) is 10.9 Å². The smallest absolute Gasteiger partial charge is 0.272 e. The highest BCUT2D eigenvalue weighted by atomic mass is 16.5. The summed E-state index contributed by atoms with van der Waals surface area (Å²) in [6.45, 7) is 10.6. The highest BCUT2D eigenvalue weighted by Gasteiger charge is 2.24. The highest BCUT2D eigenvalue weighted by molar-refractivity contribution is 5.95. The molecule has 1 atom stereocenters. The Morgan fingerprint density at radius 2 is 1.90 bits per heavy atom. The molecule has 1 amide bonds. The third kappa shape index (κ3) is 4.72. The van der Waals surface area contributed by atoms with E-state index in [0.29, 0.717) is 17.7 Å². The summed E-state index contributed by atoms with van der Waals surface area (Å²) in [6.07, 6.45) is 4.69. The van der Waals surface area contributed by atoms with Gasteiger partial charge in [-0.2, -0.15) is 0 Å². The van der Waals surface area contributed by atoms with Crippen molar-refractivity contribution in [3.05, 3.63) is 36.0 Å². The van der Waals surface area contributed by atoms with Gasteiger partial charge in [-0.1, -0.05) is 13.0 Å². The van der Waals surface area contributed by atoms with Gasteiger partial charge in [0.2, 0.25) is 0 Å². The Balaban J connectivity index is 1.43. The molecule has 29 heavy (non-hydrogen) atoms. The first kappa shape index (κ1) is 20.1. The number of likely N-dealkylation sites (tertiary alicyclic amines) is 2. The molecule has 1 aromatic carbocycles. The van der Waals surface area contributed by atoms with Crippen LogP contribution < -0.4 is 4.74 Å². The van der Waals surface area contributed by atoms with Crippen LogP contribution in [0.4, 0.5) is 0 Å². The predicted molar refractivity (Wildman–Crippen MR) is 116 cm³/mol. The molecule has 2 fully saturated rings. The molecule has 4 rings (SSSR count). The molecule has 0 bridgehead atoms. The van der Waals surface area contributed by atoms with Crippen LogP contribution in [0.3, 0.4) is 0 Å². The highest BCUT2D eigenvalue weighted by Crippen LogP contribution is 2.25. The Kier molecular flexibility index (Phi) is 6.04. The topological polar surface area (TPSA) is 45.7 Å². The molecular weight excluding hydrogens is 362 g/mol. The van der Waals surface area contributed by atoms with E-state index < -0.39 is 0 Å². The molecule has 0 saturated carbocycles. The largest absolute Gasteiger partial charge is 0.490 e. The third-order valence-electron chi connectivity index (χ3n) is 6.33. The van der Waals surface area contributed by atoms with Crippen molar-refractivity contribution in [3.8, 4) is 5.75 Å². The maximum Gasteiger partial charge on any atom is 0.272 e. The molecule has 2 saturated heterocycles. The Bertz CT molecular complexity index is 858. The number of piperidine rings is 2. The van der Waals surface area contributed by atoms with Gasteiger partial charge in [-0.3, -0.25) is 4.79 Å². The molecule has 0 radical (unpaired) electrons. The van der Waals surface area contributed by atoms with E-state index in [1.165, 1.54) is 6.42 Å². The zero-order chi connectivity index (χ0) is 20.4. The second kappa shape index (κ2) is 8.70. The number of hydrogen-bond donors (Lipinski definition) is 0. The summed E-state index contributed by atoms with van der Waals surface area (Å²) in [6, 6.07) is 10.5. The maximum atomic E-state index is 12.8. The van der Waals surface area contributed by atoms with E-state index >= 15 is 0 Å². The summed E-state index contributed by atoms with van der Waals surface area (Å²) in [5.41, 5.74) is 1.39. The number of pyridine rings is 1. The molecule has 2 aliphatic rings. The fraction of sp³-hybridized carbons (Fsp3) is 0.583. The van der Waals surface area contributed by atoms with Crippen molar-refractivity contribution in [1.29, 1.82) is 0 Å². The number of hydrogen-bond acceptors (Lipinski definition) is 4. The van der Waals surface area contributed by atoms with Gasteiger partial charge < -0.3 is 14.5 Å². The number of amides is 1. The first-order chi connectivity index (χ1) is 14.0. The van der Waals surface area contributed by atoms with E-state index in [1.54, 1.807) is 0 Å². The maximum absolute atomic E-state index is 12.8. The lowest BCUT2D eigenvalue weighted by Gasteiger charge is -2.34. The number of fused-ring (bicyclic) bond motifs is 1. The number of carbonyl (C=O) groups is 1. The normalized spacial score (nSPS) is 21.7. The van der Waals surface area contributed by atoms with E-state index in [4.69, 9.17) is 4.74 Å². The first-order valence-corrected chi connectivity index (χ1v) is 11.1. The van der Waals surface area contributed by atoms with Crippen LogP contribution in [0.5, 0.6) is 5.75 Å². The van der Waals surface area contributed by atoms with E-state index in [9.17, 15) is 4.79 Å². The van der Waals surface area contributed by atoms with Crippen LogP contribution in [0, 0.1) is 5.92 Å². The quantitative estimate of drug-likeness (QED) is 0.772. The number of aromatic nitrogens is 1. The van der Waals surface area contributed by atoms with Gasteiger partial charge in [0, 0.05) is 37.6 Å². The molecule has 0 N–H and O–H groups in total. The predicted octanol–water partition coefficient (Wildman–Crippen LogP) is 4.36. The molecule has 0 spiro atoms. The number of benzene rings is 1. The lowest BCUT2D eigenvalue weighted by atomic mass is 10.00. The Morgan fingerprint density at radius 1 is 1.10 bits per heavy atom. The zero-order valence-electron chi connectivity index (χ0n) is 17.9. The molecule has 5 nitrogen and oxygen atoms in total. The second-order valence-electron chi connectivity index (χ2n) is 9.00. The van der Waals surface area contributed by atoms with Crippen LogP contribution in [0.2, 0.25) is 0 Å². The first-order valence-electron chi connectivity index (χ1n) is 11.1. The van der Waals surface area contributed by atoms with Crippen molar-refractivity contribution in [2.24, 2.45) is 5.92 Å². The van der Waals surface area contributed by atoms with Crippen molar-refractivity contribution < 1.29 is 9.53 Å².